The average Bonchev–Trinajstić information content (AvgIpc) is 3.19. The summed E-state index contributed by atoms with van der Waals surface area (Å²) in [6.07, 6.45) is 5.82. The van der Waals surface area contributed by atoms with E-state index in [4.69, 9.17) is 11.6 Å². The van der Waals surface area contributed by atoms with Crippen molar-refractivity contribution < 1.29 is 9.90 Å². The molecule has 1 aliphatic rings. The summed E-state index contributed by atoms with van der Waals surface area (Å²) >= 11 is 11.2. The molecule has 0 radical (unpaired) electrons. The van der Waals surface area contributed by atoms with E-state index in [9.17, 15) is 9.90 Å². The van der Waals surface area contributed by atoms with Crippen LogP contribution in [0.25, 0.3) is 5.00 Å². The van der Waals surface area contributed by atoms with Crippen molar-refractivity contribution in [3.05, 3.63) is 66.7 Å². The Morgan fingerprint density at radius 3 is 2.76 bits per heavy atom. The lowest BCUT2D eigenvalue weighted by Gasteiger charge is -2.11. The molecule has 4 nitrogen and oxygen atoms in total. The van der Waals surface area contributed by atoms with E-state index in [1.54, 1.807) is 17.4 Å². The van der Waals surface area contributed by atoms with Gasteiger partial charge in [0.1, 0.15) is 5.00 Å². The van der Waals surface area contributed by atoms with Crippen molar-refractivity contribution >= 4 is 56.7 Å². The smallest absolute Gasteiger partial charge is 0.339 e. The number of carboxylic acids is 1. The lowest BCUT2D eigenvalue weighted by atomic mass is 9.95. The number of carbonyl (C=O) groups is 1. The highest BCUT2D eigenvalue weighted by molar-refractivity contribution is 9.10. The summed E-state index contributed by atoms with van der Waals surface area (Å²) in [6, 6.07) is 7.61. The van der Waals surface area contributed by atoms with Crippen molar-refractivity contribution in [3.63, 3.8) is 0 Å². The fraction of sp³-hybridized carbons (Fsp3) is 0.273. The monoisotopic (exact) mass is 490 g/mol. The Balaban J connectivity index is 1.77. The van der Waals surface area contributed by atoms with Crippen LogP contribution in [0.2, 0.25) is 5.02 Å². The molecule has 2 aromatic heterocycles. The van der Waals surface area contributed by atoms with Crippen LogP contribution in [0.5, 0.6) is 0 Å². The Kier molecular flexibility index (Phi) is 5.69. The molecular formula is C22H20BrClN2O2S. The fourth-order valence-corrected chi connectivity index (χ4v) is 5.78. The minimum atomic E-state index is -0.841. The number of aliphatic imine (C=N–C) groups is 1. The zero-order valence-electron chi connectivity index (χ0n) is 16.1. The van der Waals surface area contributed by atoms with E-state index in [1.165, 1.54) is 4.88 Å². The molecule has 1 aromatic carbocycles. The molecule has 4 rings (SSSR count). The van der Waals surface area contributed by atoms with Crippen LogP contribution < -0.4 is 0 Å². The number of hydrogen-bond acceptors (Lipinski definition) is 3. The van der Waals surface area contributed by atoms with Crippen LogP contribution >= 0.6 is 38.9 Å². The maximum Gasteiger partial charge on any atom is 0.339 e. The van der Waals surface area contributed by atoms with Crippen molar-refractivity contribution in [3.8, 4) is 5.00 Å². The van der Waals surface area contributed by atoms with Gasteiger partial charge in [-0.25, -0.2) is 4.79 Å². The molecule has 3 aromatic rings. The van der Waals surface area contributed by atoms with Crippen LogP contribution in [0.4, 0.5) is 5.69 Å². The van der Waals surface area contributed by atoms with Gasteiger partial charge in [0.2, 0.25) is 0 Å². The first-order chi connectivity index (χ1) is 13.9. The predicted molar refractivity (Wildman–Crippen MR) is 123 cm³/mol. The third-order valence-corrected chi connectivity index (χ3v) is 7.81. The van der Waals surface area contributed by atoms with Crippen molar-refractivity contribution in [2.24, 2.45) is 4.99 Å². The van der Waals surface area contributed by atoms with Gasteiger partial charge in [0.25, 0.3) is 0 Å². The minimum absolute atomic E-state index is 0.467. The topological polar surface area (TPSA) is 54.6 Å². The second-order valence-corrected chi connectivity index (χ2v) is 9.56. The van der Waals surface area contributed by atoms with Crippen LogP contribution in [0, 0.1) is 13.8 Å². The zero-order chi connectivity index (χ0) is 20.7. The molecule has 0 bridgehead atoms. The number of aryl methyl sites for hydroxylation is 2. The number of halogens is 2. The van der Waals surface area contributed by atoms with Gasteiger partial charge in [-0.05, 0) is 85.3 Å². The molecule has 0 fully saturated rings. The van der Waals surface area contributed by atoms with E-state index < -0.39 is 5.97 Å². The quantitative estimate of drug-likeness (QED) is 0.404. The summed E-state index contributed by atoms with van der Waals surface area (Å²) in [4.78, 5) is 17.9. The number of fused-ring (bicyclic) bond motifs is 1. The van der Waals surface area contributed by atoms with Crippen LogP contribution in [-0.4, -0.2) is 21.9 Å². The van der Waals surface area contributed by atoms with E-state index in [0.717, 1.165) is 63.4 Å². The Morgan fingerprint density at radius 1 is 1.28 bits per heavy atom. The number of aromatic nitrogens is 1. The van der Waals surface area contributed by atoms with E-state index in [1.807, 2.05) is 38.3 Å². The Bertz CT molecular complexity index is 1150. The number of carboxylic acid groups (broad SMARTS) is 1. The second kappa shape index (κ2) is 8.09. The zero-order valence-corrected chi connectivity index (χ0v) is 19.3. The van der Waals surface area contributed by atoms with E-state index >= 15 is 0 Å². The minimum Gasteiger partial charge on any atom is -0.478 e. The van der Waals surface area contributed by atoms with Gasteiger partial charge in [-0.3, -0.25) is 4.99 Å². The highest BCUT2D eigenvalue weighted by Crippen LogP contribution is 2.38. The molecule has 2 heterocycles. The maximum absolute atomic E-state index is 12.1. The Morgan fingerprint density at radius 2 is 2.03 bits per heavy atom. The van der Waals surface area contributed by atoms with Gasteiger partial charge < -0.3 is 9.67 Å². The van der Waals surface area contributed by atoms with Gasteiger partial charge in [0.15, 0.2) is 0 Å². The number of hydrogen-bond donors (Lipinski definition) is 1. The number of benzene rings is 1. The summed E-state index contributed by atoms with van der Waals surface area (Å²) in [6.45, 7) is 4.01. The number of thiophene rings is 1. The molecule has 0 unspecified atom stereocenters. The first-order valence-corrected chi connectivity index (χ1v) is 11.4. The highest BCUT2D eigenvalue weighted by Gasteiger charge is 2.27. The van der Waals surface area contributed by atoms with Crippen LogP contribution in [-0.2, 0) is 12.8 Å². The first-order valence-electron chi connectivity index (χ1n) is 9.43. The van der Waals surface area contributed by atoms with Gasteiger partial charge in [-0.15, -0.1) is 11.3 Å². The molecule has 0 saturated carbocycles. The molecule has 1 aliphatic carbocycles. The summed E-state index contributed by atoms with van der Waals surface area (Å²) in [7, 11) is 0. The number of aromatic carboxylic acids is 1. The maximum atomic E-state index is 12.1. The van der Waals surface area contributed by atoms with Crippen molar-refractivity contribution in [1.29, 1.82) is 0 Å². The van der Waals surface area contributed by atoms with E-state index in [2.05, 4.69) is 25.5 Å². The van der Waals surface area contributed by atoms with Crippen LogP contribution in [0.15, 0.2) is 33.7 Å². The third-order valence-electron chi connectivity index (χ3n) is 5.30. The molecule has 7 heteroatoms. The lowest BCUT2D eigenvalue weighted by molar-refractivity contribution is 0.0696. The Labute approximate surface area is 187 Å². The molecule has 29 heavy (non-hydrogen) atoms. The molecule has 0 amide bonds. The first kappa shape index (κ1) is 20.4. The fourth-order valence-electron chi connectivity index (χ4n) is 3.87. The van der Waals surface area contributed by atoms with Gasteiger partial charge in [-0.2, -0.15) is 0 Å². The third kappa shape index (κ3) is 3.81. The summed E-state index contributed by atoms with van der Waals surface area (Å²) < 4.78 is 2.89. The number of rotatable bonds is 4. The molecular weight excluding hydrogens is 472 g/mol. The van der Waals surface area contributed by atoms with Gasteiger partial charge in [0.05, 0.1) is 16.3 Å². The molecule has 0 saturated heterocycles. The average molecular weight is 492 g/mol. The summed E-state index contributed by atoms with van der Waals surface area (Å²) in [5.41, 5.74) is 5.20. The molecule has 0 atom stereocenters. The molecule has 1 N–H and O–H groups in total. The number of nitrogens with zero attached hydrogens (tertiary/aromatic N) is 2. The molecule has 0 aliphatic heterocycles. The van der Waals surface area contributed by atoms with Gasteiger partial charge in [-0.1, -0.05) is 11.6 Å². The molecule has 150 valence electrons. The van der Waals surface area contributed by atoms with E-state index in [-0.39, 0.29) is 0 Å². The standard InChI is InChI=1S/C22H20BrClN2O2S/c1-12-9-14(11-25-15-7-8-17(23)18(24)10-15)13(2)26(12)21-20(22(27)28)16-5-3-4-6-19(16)29-21/h7-11H,3-6H2,1-2H3,(H,27,28). The molecule has 0 spiro atoms. The normalized spacial score (nSPS) is 13.8. The van der Waals surface area contributed by atoms with Crippen molar-refractivity contribution in [1.82, 2.24) is 4.57 Å². The summed E-state index contributed by atoms with van der Waals surface area (Å²) in [5.74, 6) is -0.841. The highest BCUT2D eigenvalue weighted by atomic mass is 79.9. The Hall–Kier alpha value is -1.89. The predicted octanol–water partition coefficient (Wildman–Crippen LogP) is 6.90. The summed E-state index contributed by atoms with van der Waals surface area (Å²) in [5, 5.41) is 11.3. The lowest BCUT2D eigenvalue weighted by Crippen LogP contribution is -2.09. The van der Waals surface area contributed by atoms with E-state index in [0.29, 0.717) is 10.6 Å². The van der Waals surface area contributed by atoms with Gasteiger partial charge >= 0.3 is 5.97 Å². The van der Waals surface area contributed by atoms with Gasteiger partial charge in [0, 0.05) is 32.5 Å². The van der Waals surface area contributed by atoms with Crippen LogP contribution in [0.3, 0.4) is 0 Å². The second-order valence-electron chi connectivity index (χ2n) is 7.21. The SMILES string of the molecule is Cc1cc(C=Nc2ccc(Br)c(Cl)c2)c(C)n1-c1sc2c(c1C(=O)O)CCCC2. The van der Waals surface area contributed by atoms with Crippen molar-refractivity contribution in [2.45, 2.75) is 39.5 Å². The van der Waals surface area contributed by atoms with Crippen molar-refractivity contribution in [2.75, 3.05) is 0 Å². The van der Waals surface area contributed by atoms with Crippen LogP contribution in [0.1, 0.15) is 50.6 Å². The largest absolute Gasteiger partial charge is 0.478 e.